The third kappa shape index (κ3) is 1.40. The maximum atomic E-state index is 10.7. The molecule has 0 aliphatic carbocycles. The molecule has 3 heteroatoms. The molecule has 1 aliphatic heterocycles. The van der Waals surface area contributed by atoms with Crippen LogP contribution in [-0.4, -0.2) is 17.7 Å². The number of rotatable bonds is 2. The highest BCUT2D eigenvalue weighted by molar-refractivity contribution is 5.87. The summed E-state index contributed by atoms with van der Waals surface area (Å²) < 4.78 is 5.45. The van der Waals surface area contributed by atoms with Gasteiger partial charge in [0.25, 0.3) is 0 Å². The van der Waals surface area contributed by atoms with Gasteiger partial charge < -0.3 is 9.84 Å². The van der Waals surface area contributed by atoms with Gasteiger partial charge in [0.1, 0.15) is 0 Å². The van der Waals surface area contributed by atoms with Crippen molar-refractivity contribution in [1.82, 2.24) is 0 Å². The number of carbonyl (C=O) groups is 1. The lowest BCUT2D eigenvalue weighted by atomic mass is 9.88. The van der Waals surface area contributed by atoms with Crippen LogP contribution in [-0.2, 0) is 10.3 Å². The summed E-state index contributed by atoms with van der Waals surface area (Å²) in [5.74, 6) is -0.894. The molecule has 0 aromatic heterocycles. The topological polar surface area (TPSA) is 46.5 Å². The molecule has 1 aliphatic rings. The van der Waals surface area contributed by atoms with Crippen LogP contribution in [0.15, 0.2) is 24.3 Å². The summed E-state index contributed by atoms with van der Waals surface area (Å²) in [6.07, 6.45) is 0.954. The molecule has 1 heterocycles. The maximum absolute atomic E-state index is 10.7. The number of carboxylic acid groups (broad SMARTS) is 1. The molecule has 14 heavy (non-hydrogen) atoms. The lowest BCUT2D eigenvalue weighted by Crippen LogP contribution is -2.37. The summed E-state index contributed by atoms with van der Waals surface area (Å²) >= 11 is 0. The molecule has 3 nitrogen and oxygen atoms in total. The molecule has 1 aromatic carbocycles. The Morgan fingerprint density at radius 2 is 2.29 bits per heavy atom. The van der Waals surface area contributed by atoms with Crippen LogP contribution >= 0.6 is 0 Å². The first-order valence-corrected chi connectivity index (χ1v) is 4.60. The molecular formula is C11H12O3. The fraction of sp³-hybridized carbons (Fsp3) is 0.364. The van der Waals surface area contributed by atoms with Gasteiger partial charge in [-0.2, -0.15) is 0 Å². The lowest BCUT2D eigenvalue weighted by molar-refractivity contribution is -0.140. The van der Waals surface area contributed by atoms with Crippen LogP contribution in [0.1, 0.15) is 29.3 Å². The second-order valence-corrected chi connectivity index (χ2v) is 3.72. The molecule has 74 valence electrons. The van der Waals surface area contributed by atoms with Gasteiger partial charge in [-0.3, -0.25) is 0 Å². The van der Waals surface area contributed by atoms with E-state index < -0.39 is 5.97 Å². The zero-order valence-corrected chi connectivity index (χ0v) is 7.99. The fourth-order valence-corrected chi connectivity index (χ4v) is 1.62. The second kappa shape index (κ2) is 3.10. The quantitative estimate of drug-likeness (QED) is 0.779. The van der Waals surface area contributed by atoms with Crippen molar-refractivity contribution in [3.8, 4) is 0 Å². The molecule has 0 spiro atoms. The number of benzene rings is 1. The standard InChI is InChI=1S/C11H12O3/c1-11(5-6-14-11)9-4-2-3-8(7-9)10(12)13/h2-4,7H,5-6H2,1H3,(H,12,13). The van der Waals surface area contributed by atoms with Crippen molar-refractivity contribution in [1.29, 1.82) is 0 Å². The van der Waals surface area contributed by atoms with Crippen LogP contribution in [0.2, 0.25) is 0 Å². The third-order valence-corrected chi connectivity index (χ3v) is 2.72. The Morgan fingerprint density at radius 1 is 1.57 bits per heavy atom. The van der Waals surface area contributed by atoms with Crippen LogP contribution < -0.4 is 0 Å². The van der Waals surface area contributed by atoms with E-state index >= 15 is 0 Å². The van der Waals surface area contributed by atoms with E-state index in [4.69, 9.17) is 9.84 Å². The molecular weight excluding hydrogens is 180 g/mol. The first kappa shape index (κ1) is 9.21. The summed E-state index contributed by atoms with van der Waals surface area (Å²) in [7, 11) is 0. The molecule has 0 amide bonds. The Labute approximate surface area is 82.3 Å². The summed E-state index contributed by atoms with van der Waals surface area (Å²) in [6, 6.07) is 6.94. The summed E-state index contributed by atoms with van der Waals surface area (Å²) in [6.45, 7) is 2.74. The number of hydrogen-bond acceptors (Lipinski definition) is 2. The summed E-state index contributed by atoms with van der Waals surface area (Å²) in [5.41, 5.74) is 0.994. The van der Waals surface area contributed by atoms with E-state index in [9.17, 15) is 4.79 Å². The number of carboxylic acids is 1. The highest BCUT2D eigenvalue weighted by atomic mass is 16.5. The predicted molar refractivity (Wildman–Crippen MR) is 51.3 cm³/mol. The van der Waals surface area contributed by atoms with Gasteiger partial charge >= 0.3 is 5.97 Å². The Bertz CT molecular complexity index is 367. The summed E-state index contributed by atoms with van der Waals surface area (Å²) in [4.78, 5) is 10.7. The van der Waals surface area contributed by atoms with E-state index in [1.807, 2.05) is 13.0 Å². The van der Waals surface area contributed by atoms with E-state index in [1.165, 1.54) is 0 Å². The van der Waals surface area contributed by atoms with E-state index in [2.05, 4.69) is 0 Å². The molecule has 1 aromatic rings. The van der Waals surface area contributed by atoms with Gasteiger partial charge in [0.2, 0.25) is 0 Å². The van der Waals surface area contributed by atoms with Gasteiger partial charge in [0.15, 0.2) is 0 Å². The third-order valence-electron chi connectivity index (χ3n) is 2.72. The van der Waals surface area contributed by atoms with Gasteiger partial charge in [-0.1, -0.05) is 12.1 Å². The smallest absolute Gasteiger partial charge is 0.335 e. The van der Waals surface area contributed by atoms with Crippen molar-refractivity contribution in [2.45, 2.75) is 18.9 Å². The largest absolute Gasteiger partial charge is 0.478 e. The predicted octanol–water partition coefficient (Wildman–Crippen LogP) is 2.02. The van der Waals surface area contributed by atoms with Crippen LogP contribution in [0, 0.1) is 0 Å². The number of aromatic carboxylic acids is 1. The minimum absolute atomic E-state index is 0.272. The number of hydrogen-bond donors (Lipinski definition) is 1. The normalized spacial score (nSPS) is 25.5. The Balaban J connectivity index is 2.35. The number of ether oxygens (including phenoxy) is 1. The summed E-state index contributed by atoms with van der Waals surface area (Å²) in [5, 5.41) is 8.82. The van der Waals surface area contributed by atoms with Crippen molar-refractivity contribution < 1.29 is 14.6 Å². The van der Waals surface area contributed by atoms with Crippen LogP contribution in [0.4, 0.5) is 0 Å². The minimum Gasteiger partial charge on any atom is -0.478 e. The molecule has 1 fully saturated rings. The highest BCUT2D eigenvalue weighted by Gasteiger charge is 2.35. The van der Waals surface area contributed by atoms with Crippen molar-refractivity contribution in [2.75, 3.05) is 6.61 Å². The molecule has 0 bridgehead atoms. The average molecular weight is 192 g/mol. The second-order valence-electron chi connectivity index (χ2n) is 3.72. The van der Waals surface area contributed by atoms with Gasteiger partial charge in [-0.05, 0) is 24.6 Å². The van der Waals surface area contributed by atoms with Crippen LogP contribution in [0.3, 0.4) is 0 Å². The van der Waals surface area contributed by atoms with Crippen LogP contribution in [0.5, 0.6) is 0 Å². The van der Waals surface area contributed by atoms with Crippen molar-refractivity contribution in [3.05, 3.63) is 35.4 Å². The van der Waals surface area contributed by atoms with Crippen molar-refractivity contribution in [2.24, 2.45) is 0 Å². The molecule has 1 unspecified atom stereocenters. The first-order valence-electron chi connectivity index (χ1n) is 4.60. The monoisotopic (exact) mass is 192 g/mol. The van der Waals surface area contributed by atoms with E-state index in [0.717, 1.165) is 18.6 Å². The van der Waals surface area contributed by atoms with E-state index in [-0.39, 0.29) is 5.60 Å². The van der Waals surface area contributed by atoms with Gasteiger partial charge in [-0.15, -0.1) is 0 Å². The molecule has 2 rings (SSSR count). The Morgan fingerprint density at radius 3 is 2.79 bits per heavy atom. The Hall–Kier alpha value is -1.35. The van der Waals surface area contributed by atoms with Gasteiger partial charge in [0, 0.05) is 6.42 Å². The van der Waals surface area contributed by atoms with E-state index in [0.29, 0.717) is 5.56 Å². The first-order chi connectivity index (χ1) is 6.62. The van der Waals surface area contributed by atoms with Crippen molar-refractivity contribution in [3.63, 3.8) is 0 Å². The zero-order chi connectivity index (χ0) is 10.2. The Kier molecular flexibility index (Phi) is 2.04. The molecule has 1 N–H and O–H groups in total. The van der Waals surface area contributed by atoms with Crippen LogP contribution in [0.25, 0.3) is 0 Å². The molecule has 0 saturated carbocycles. The van der Waals surface area contributed by atoms with Gasteiger partial charge in [-0.25, -0.2) is 4.79 Å². The fourth-order valence-electron chi connectivity index (χ4n) is 1.62. The maximum Gasteiger partial charge on any atom is 0.335 e. The highest BCUT2D eigenvalue weighted by Crippen LogP contribution is 2.36. The molecule has 1 atom stereocenters. The molecule has 0 radical (unpaired) electrons. The van der Waals surface area contributed by atoms with Crippen molar-refractivity contribution >= 4 is 5.97 Å². The SMILES string of the molecule is CC1(c2cccc(C(=O)O)c2)CCO1. The lowest BCUT2D eigenvalue weighted by Gasteiger charge is -2.39. The van der Waals surface area contributed by atoms with Gasteiger partial charge in [0.05, 0.1) is 17.8 Å². The van der Waals surface area contributed by atoms with E-state index in [1.54, 1.807) is 18.2 Å². The zero-order valence-electron chi connectivity index (χ0n) is 7.99. The average Bonchev–Trinajstić information content (AvgIpc) is 2.14. The molecule has 1 saturated heterocycles. The minimum atomic E-state index is -0.894.